The van der Waals surface area contributed by atoms with Crippen LogP contribution in [0.1, 0.15) is 101 Å². The number of benzene rings is 6. The van der Waals surface area contributed by atoms with Gasteiger partial charge < -0.3 is 31.1 Å². The van der Waals surface area contributed by atoms with E-state index >= 15 is 0 Å². The van der Waals surface area contributed by atoms with Crippen molar-refractivity contribution in [2.45, 2.75) is 38.5 Å². The lowest BCUT2D eigenvalue weighted by molar-refractivity contribution is -0.890. The molecule has 3 aliphatic heterocycles. The molecule has 0 radical (unpaired) electrons. The monoisotopic (exact) mass is 1330 g/mol. The van der Waals surface area contributed by atoms with Gasteiger partial charge in [0.25, 0.3) is 23.6 Å². The van der Waals surface area contributed by atoms with Crippen molar-refractivity contribution in [3.8, 4) is 34.6 Å². The zero-order valence-corrected chi connectivity index (χ0v) is 49.7. The number of esters is 2. The van der Waals surface area contributed by atoms with Crippen LogP contribution in [-0.4, -0.2) is 126 Å². The zero-order valence-electron chi connectivity index (χ0n) is 42.8. The number of ether oxygens (including phenoxy) is 1. The van der Waals surface area contributed by atoms with E-state index in [9.17, 15) is 28.8 Å². The molecule has 17 heteroatoms. The van der Waals surface area contributed by atoms with E-state index in [1.54, 1.807) is 41.7 Å². The minimum atomic E-state index is -0.565. The molecule has 76 heavy (non-hydrogen) atoms. The zero-order chi connectivity index (χ0) is 53.9. The molecule has 0 saturated carbocycles. The lowest BCUT2D eigenvalue weighted by Gasteiger charge is -2.32. The van der Waals surface area contributed by atoms with Crippen LogP contribution in [0.15, 0.2) is 109 Å². The number of carbonyl (C=O) groups is 6. The second-order valence-electron chi connectivity index (χ2n) is 18.6. The van der Waals surface area contributed by atoms with Crippen LogP contribution < -0.4 is 22.3 Å². The number of alkyl halides is 2. The number of halogens is 4. The minimum absolute atomic E-state index is 0. The van der Waals surface area contributed by atoms with Gasteiger partial charge in [0.15, 0.2) is 0 Å². The highest BCUT2D eigenvalue weighted by Crippen LogP contribution is 2.32. The van der Waals surface area contributed by atoms with E-state index in [0.717, 1.165) is 73.8 Å². The van der Waals surface area contributed by atoms with Gasteiger partial charge in [-0.3, -0.25) is 37.9 Å². The summed E-state index contributed by atoms with van der Waals surface area (Å²) in [4.78, 5) is 81.2. The molecular weight excluding hydrogens is 1270 g/mol. The van der Waals surface area contributed by atoms with E-state index in [4.69, 9.17) is 3.56 Å². The van der Waals surface area contributed by atoms with E-state index in [1.807, 2.05) is 91.8 Å². The number of quaternary nitrogens is 2. The van der Waals surface area contributed by atoms with Crippen LogP contribution in [0.2, 0.25) is 0 Å². The Morgan fingerprint density at radius 3 is 1.38 bits per heavy atom. The number of nitrogens with two attached hydrogens (primary N) is 1. The lowest BCUT2D eigenvalue weighted by Crippen LogP contribution is -3.00. The molecular formula is C59H59Br3IN6O7+. The molecule has 9 rings (SSSR count). The maximum Gasteiger partial charge on any atom is 0.346 e. The third-order valence-electron chi connectivity index (χ3n) is 12.6. The second kappa shape index (κ2) is 30.1. The van der Waals surface area contributed by atoms with Crippen LogP contribution in [0.4, 0.5) is 0 Å². The Hall–Kier alpha value is -5.95. The number of unbranched alkanes of at least 4 members (excludes halogenated alkanes) is 3. The number of hydrogen-bond donors (Lipinski definition) is 2. The van der Waals surface area contributed by atoms with Crippen LogP contribution in [0.25, 0.3) is 32.3 Å². The fourth-order valence-electron chi connectivity index (χ4n) is 8.99. The van der Waals surface area contributed by atoms with E-state index < -0.39 is 33.0 Å². The number of nitrogens with one attached hydrogen (secondary N) is 1. The van der Waals surface area contributed by atoms with Crippen LogP contribution in [-0.2, 0) is 4.74 Å². The molecule has 0 aliphatic carbocycles. The third-order valence-corrected chi connectivity index (χ3v) is 14.2. The molecule has 3 aliphatic rings. The maximum atomic E-state index is 12.9. The van der Waals surface area contributed by atoms with Crippen LogP contribution in [0.5, 0.6) is 0 Å². The minimum Gasteiger partial charge on any atom is -1.00 e. The van der Waals surface area contributed by atoms with Gasteiger partial charge >= 0.3 is 11.9 Å². The first-order valence-electron chi connectivity index (χ1n) is 24.5. The van der Waals surface area contributed by atoms with Crippen molar-refractivity contribution >= 4 is 121 Å². The van der Waals surface area contributed by atoms with Gasteiger partial charge in [0.2, 0.25) is 0 Å². The molecule has 0 atom stereocenters. The fraction of sp³-hybridized carbons (Fsp3) is 0.288. The average molecular weight is 1330 g/mol. The van der Waals surface area contributed by atoms with E-state index in [0.29, 0.717) is 51.9 Å². The Kier molecular flexibility index (Phi) is 24.1. The van der Waals surface area contributed by atoms with Gasteiger partial charge in [-0.25, -0.2) is 9.59 Å². The molecule has 3 N–H and O–H groups in total. The summed E-state index contributed by atoms with van der Waals surface area (Å²) >= 11 is 5.97. The number of amides is 4. The Bertz CT molecular complexity index is 3200. The number of nitrogens with zero attached hydrogens (tertiary/aromatic N) is 4. The van der Waals surface area contributed by atoms with Crippen molar-refractivity contribution < 1.29 is 60.3 Å². The maximum absolute atomic E-state index is 12.9. The standard InChI is InChI=1S/C23H30BrN2O2.C17H18N2O2.C12H6O3.C7H4BrIN2.BrH/c1-26(2,16-6-4-3-5-14-24)17-9-15-25-22(27)19-12-7-10-18-11-8-13-20(21(18)19)23(25)28;1-18(2)10-5-11-19-16(20)13-8-3-6-12-7-4-9-14(15(12)13)17(19)21;13-11-8-5-1-3-7-4-2-6-9(10(7)8)12(14)15-11;8-5-3-1-2-4-6-11-7-9-10;/h7-8,10-13H,3-6,9,14-17H2,1-2H3;3-4,6-9H,5,10-11H2,1-2H3;1-6H;10-11H,7H2;1H/q+1;;;;. The summed E-state index contributed by atoms with van der Waals surface area (Å²) in [6.45, 7) is 3.88. The first kappa shape index (κ1) is 60.9. The molecule has 4 amide bonds. The molecule has 3 heterocycles. The van der Waals surface area contributed by atoms with Crippen molar-refractivity contribution in [3.63, 3.8) is 0 Å². The Labute approximate surface area is 482 Å². The summed E-state index contributed by atoms with van der Waals surface area (Å²) < 4.78 is 13.3. The smallest absolute Gasteiger partial charge is 0.346 e. The van der Waals surface area contributed by atoms with Gasteiger partial charge in [0.05, 0.1) is 38.3 Å². The quantitative estimate of drug-likeness (QED) is 0.0121. The summed E-state index contributed by atoms with van der Waals surface area (Å²) in [6.07, 6.45) is 6.59. The SMILES string of the molecule is CN(C)CCCN1C(=O)c2cccc3cccc(c23)C1=O.C[N+](C)(CCCCCCBr)CCCN1C(=O)c2cccc3cccc(c23)C1=O.N=IC[NH2+]C#CC#CC#CBr.O=C1OC(=O)c2cccc3cccc1c23.[Br-]. The van der Waals surface area contributed by atoms with Crippen molar-refractivity contribution in [2.24, 2.45) is 0 Å². The third kappa shape index (κ3) is 15.8. The molecule has 0 saturated heterocycles. The van der Waals surface area contributed by atoms with Crippen LogP contribution in [0.3, 0.4) is 0 Å². The van der Waals surface area contributed by atoms with Gasteiger partial charge in [-0.2, -0.15) is 0 Å². The highest BCUT2D eigenvalue weighted by Gasteiger charge is 2.34. The van der Waals surface area contributed by atoms with Gasteiger partial charge in [-0.15, -0.1) is 0 Å². The molecule has 0 fully saturated rings. The topological polar surface area (TPSA) is 162 Å². The Balaban J connectivity index is 0.000000197. The molecule has 6 aromatic carbocycles. The van der Waals surface area contributed by atoms with Crippen molar-refractivity contribution in [1.82, 2.24) is 14.7 Å². The predicted octanol–water partition coefficient (Wildman–Crippen LogP) is 6.96. The highest BCUT2D eigenvalue weighted by atomic mass is 127. The number of imide groups is 2. The van der Waals surface area contributed by atoms with E-state index in [-0.39, 0.29) is 40.6 Å². The van der Waals surface area contributed by atoms with Gasteiger partial charge in [-0.05, 0) is 110 Å². The number of cyclic esters (lactones) is 2. The summed E-state index contributed by atoms with van der Waals surface area (Å²) in [5.41, 5.74) is 3.48. The average Bonchev–Trinajstić information content (AvgIpc) is 3.44. The number of carbonyl (C=O) groups excluding carboxylic acids is 6. The van der Waals surface area contributed by atoms with Crippen LogP contribution >= 0.6 is 52.9 Å². The number of rotatable bonds is 16. The molecule has 0 bridgehead atoms. The van der Waals surface area contributed by atoms with Gasteiger partial charge in [0.1, 0.15) is 10.6 Å². The van der Waals surface area contributed by atoms with Crippen molar-refractivity contribution in [3.05, 3.63) is 143 Å². The summed E-state index contributed by atoms with van der Waals surface area (Å²) in [7, 11) is 8.44. The summed E-state index contributed by atoms with van der Waals surface area (Å²) in [5.74, 6) is 8.37. The van der Waals surface area contributed by atoms with Crippen molar-refractivity contribution in [2.75, 3.05) is 70.8 Å². The molecule has 13 nitrogen and oxygen atoms in total. The van der Waals surface area contributed by atoms with Gasteiger partial charge in [-0.1, -0.05) is 95.1 Å². The highest BCUT2D eigenvalue weighted by molar-refractivity contribution is 14.1. The van der Waals surface area contributed by atoms with E-state index in [1.165, 1.54) is 35.5 Å². The molecule has 6 aromatic rings. The normalized spacial score (nSPS) is 12.8. The first-order valence-corrected chi connectivity index (χ1v) is 29.0. The molecule has 394 valence electrons. The van der Waals surface area contributed by atoms with Gasteiger partial charge in [0, 0.05) is 118 Å². The summed E-state index contributed by atoms with van der Waals surface area (Å²) in [6, 6.07) is 35.9. The lowest BCUT2D eigenvalue weighted by atomic mass is 9.94. The Morgan fingerprint density at radius 2 is 0.961 bits per heavy atom. The largest absolute Gasteiger partial charge is 1.00 e. The number of hydrogen-bond acceptors (Lipinski definition) is 9. The van der Waals surface area contributed by atoms with Crippen molar-refractivity contribution in [1.29, 1.82) is 3.56 Å². The Morgan fingerprint density at radius 1 is 0.566 bits per heavy atom. The first-order chi connectivity index (χ1) is 36.2. The second-order valence-corrected chi connectivity index (χ2v) is 21.4. The summed E-state index contributed by atoms with van der Waals surface area (Å²) in [5, 5.41) is 7.93. The molecule has 0 aromatic heterocycles. The van der Waals surface area contributed by atoms with Crippen LogP contribution in [0, 0.1) is 38.1 Å². The fourth-order valence-corrected chi connectivity index (χ4v) is 9.93. The van der Waals surface area contributed by atoms with E-state index in [2.05, 4.69) is 85.2 Å². The molecule has 0 spiro atoms. The molecule has 0 unspecified atom stereocenters. The predicted molar refractivity (Wildman–Crippen MR) is 310 cm³/mol.